The average Bonchev–Trinajstić information content (AvgIpc) is 3.63. The van der Waals surface area contributed by atoms with Gasteiger partial charge in [-0.1, -0.05) is 151 Å². The average molecular weight is 907 g/mol. The Balaban J connectivity index is 0.000000175. The maximum absolute atomic E-state index is 8.84. The minimum absolute atomic E-state index is 0. The Labute approximate surface area is 341 Å². The number of pyridine rings is 2. The van der Waals surface area contributed by atoms with Gasteiger partial charge in [-0.05, 0) is 62.9 Å². The molecule has 0 bridgehead atoms. The van der Waals surface area contributed by atoms with Gasteiger partial charge < -0.3 is 14.4 Å². The molecule has 6 aromatic carbocycles. The van der Waals surface area contributed by atoms with E-state index in [1.165, 1.54) is 5.56 Å². The fraction of sp³-hybridized carbons (Fsp3) is 0.0800. The van der Waals surface area contributed by atoms with E-state index in [1.54, 1.807) is 0 Å². The van der Waals surface area contributed by atoms with Crippen molar-refractivity contribution in [2.24, 2.45) is 0 Å². The van der Waals surface area contributed by atoms with Crippen LogP contribution in [0.4, 0.5) is 0 Å². The molecule has 1 radical (unpaired) electrons. The van der Waals surface area contributed by atoms with Gasteiger partial charge in [-0.3, -0.25) is 0 Å². The number of benzene rings is 6. The van der Waals surface area contributed by atoms with Crippen molar-refractivity contribution in [1.82, 2.24) is 9.97 Å². The first-order valence-corrected chi connectivity index (χ1v) is 21.6. The van der Waals surface area contributed by atoms with Crippen LogP contribution in [0.25, 0.3) is 66.7 Å². The van der Waals surface area contributed by atoms with E-state index < -0.39 is 14.4 Å². The van der Waals surface area contributed by atoms with Crippen molar-refractivity contribution < 1.29 is 27.3 Å². The molecule has 0 aliphatic heterocycles. The van der Waals surface area contributed by atoms with Crippen LogP contribution in [0.3, 0.4) is 0 Å². The summed E-state index contributed by atoms with van der Waals surface area (Å²) in [5.74, 6) is 0. The standard InChI is InChI=1S/C29H18NO.C21H22NSi.Ir/c1-3-8-20(9-4-1)22-14-15-24-25-12-7-13-26(29(25)31-28(24)19-22)27-18-23(16-17-30-27)21-10-5-2-6-11-21;1-23(2,3)21-16-22-20(18-12-8-5-9-13-18)15-19(21)14-17-10-6-4-7-11-17;/h1-12,14-19H;4-12,15-16H,14H2,1-3H3;/q2*-1;/i;14D2;. The van der Waals surface area contributed by atoms with Gasteiger partial charge in [-0.15, -0.1) is 54.1 Å². The Bertz CT molecular complexity index is 2750. The van der Waals surface area contributed by atoms with Crippen LogP contribution in [-0.4, -0.2) is 18.0 Å². The topological polar surface area (TPSA) is 38.9 Å². The van der Waals surface area contributed by atoms with Crippen molar-refractivity contribution in [3.8, 4) is 44.8 Å². The molecule has 0 aliphatic carbocycles. The van der Waals surface area contributed by atoms with Gasteiger partial charge in [-0.2, -0.15) is 0 Å². The fourth-order valence-corrected chi connectivity index (χ4v) is 8.05. The van der Waals surface area contributed by atoms with E-state index in [1.807, 2.05) is 109 Å². The minimum Gasteiger partial charge on any atom is -0.501 e. The molecule has 0 atom stereocenters. The molecular weight excluding hydrogens is 865 g/mol. The summed E-state index contributed by atoms with van der Waals surface area (Å²) in [4.78, 5) is 9.25. The fourth-order valence-electron chi connectivity index (χ4n) is 6.65. The SMILES string of the molecule is [2H]C([2H])(c1ccccc1)c1cc(-c2[c-]cccc2)ncc1[Si](C)(C)C.[Ir].[c-]1ccc2c(oc3cc(-c4ccccc4)ccc32)c1-c1cc(-c2ccccc2)ccn1. The normalized spacial score (nSPS) is 11.9. The molecule has 5 heteroatoms. The Kier molecular flexibility index (Phi) is 10.7. The molecule has 9 aromatic rings. The van der Waals surface area contributed by atoms with Crippen molar-refractivity contribution in [1.29, 1.82) is 0 Å². The van der Waals surface area contributed by atoms with Crippen LogP contribution in [0, 0.1) is 12.1 Å². The molecule has 9 rings (SSSR count). The van der Waals surface area contributed by atoms with Crippen molar-refractivity contribution in [3.63, 3.8) is 0 Å². The van der Waals surface area contributed by atoms with E-state index in [4.69, 9.17) is 7.16 Å². The zero-order valence-electron chi connectivity index (χ0n) is 32.9. The van der Waals surface area contributed by atoms with Crippen molar-refractivity contribution in [2.45, 2.75) is 26.0 Å². The van der Waals surface area contributed by atoms with Gasteiger partial charge in [-0.25, -0.2) is 0 Å². The molecule has 0 spiro atoms. The van der Waals surface area contributed by atoms with E-state index >= 15 is 0 Å². The largest absolute Gasteiger partial charge is 0.501 e. The van der Waals surface area contributed by atoms with Crippen LogP contribution < -0.4 is 5.19 Å². The third-order valence-electron chi connectivity index (χ3n) is 9.41. The second-order valence-electron chi connectivity index (χ2n) is 14.2. The first kappa shape index (κ1) is 35.0. The third kappa shape index (κ3) is 8.51. The summed E-state index contributed by atoms with van der Waals surface area (Å²) < 4.78 is 24.1. The molecule has 0 unspecified atom stereocenters. The van der Waals surface area contributed by atoms with Crippen LogP contribution in [0.15, 0.2) is 181 Å². The first-order chi connectivity index (χ1) is 27.2. The van der Waals surface area contributed by atoms with Crippen LogP contribution in [0.1, 0.15) is 13.9 Å². The monoisotopic (exact) mass is 907 g/mol. The summed E-state index contributed by atoms with van der Waals surface area (Å²) in [7, 11) is -1.76. The van der Waals surface area contributed by atoms with Crippen molar-refractivity contribution >= 4 is 35.2 Å². The van der Waals surface area contributed by atoms with E-state index in [0.717, 1.165) is 71.9 Å². The molecule has 3 nitrogen and oxygen atoms in total. The Hall–Kier alpha value is -5.71. The molecule has 0 aliphatic rings. The Morgan fingerprint density at radius 1 is 0.600 bits per heavy atom. The summed E-state index contributed by atoms with van der Waals surface area (Å²) >= 11 is 0. The van der Waals surface area contributed by atoms with Crippen LogP contribution in [0.2, 0.25) is 19.6 Å². The number of furan rings is 1. The summed E-state index contributed by atoms with van der Waals surface area (Å²) in [6.45, 7) is 6.68. The first-order valence-electron chi connectivity index (χ1n) is 19.1. The molecule has 0 amide bonds. The van der Waals surface area contributed by atoms with Gasteiger partial charge in [0, 0.05) is 40.6 Å². The second-order valence-corrected chi connectivity index (χ2v) is 19.2. The maximum Gasteiger partial charge on any atom is 0.121 e. The minimum atomic E-state index is -1.76. The van der Waals surface area contributed by atoms with Gasteiger partial charge in [0.2, 0.25) is 0 Å². The predicted molar refractivity (Wildman–Crippen MR) is 227 cm³/mol. The zero-order valence-corrected chi connectivity index (χ0v) is 34.3. The smallest absolute Gasteiger partial charge is 0.121 e. The summed E-state index contributed by atoms with van der Waals surface area (Å²) in [6.07, 6.45) is 2.16. The molecular formula is C50H40IrN2OSi-2. The van der Waals surface area contributed by atoms with Gasteiger partial charge in [0.25, 0.3) is 0 Å². The molecule has 3 aromatic heterocycles. The summed E-state index contributed by atoms with van der Waals surface area (Å²) in [5.41, 5.74) is 11.1. The van der Waals surface area contributed by atoms with Gasteiger partial charge >= 0.3 is 0 Å². The van der Waals surface area contributed by atoms with Gasteiger partial charge in [0.05, 0.1) is 13.7 Å². The van der Waals surface area contributed by atoms with E-state index in [0.29, 0.717) is 5.56 Å². The van der Waals surface area contributed by atoms with Crippen LogP contribution >= 0.6 is 0 Å². The number of hydrogen-bond donors (Lipinski definition) is 0. The molecule has 271 valence electrons. The zero-order chi connectivity index (χ0) is 38.7. The van der Waals surface area contributed by atoms with Crippen molar-refractivity contribution in [2.75, 3.05) is 0 Å². The van der Waals surface area contributed by atoms with E-state index in [9.17, 15) is 0 Å². The third-order valence-corrected chi connectivity index (χ3v) is 11.4. The molecule has 0 saturated heterocycles. The molecule has 3 heterocycles. The number of rotatable bonds is 7. The number of fused-ring (bicyclic) bond motifs is 3. The molecule has 0 fully saturated rings. The quantitative estimate of drug-likeness (QED) is 0.118. The molecule has 0 N–H and O–H groups in total. The maximum atomic E-state index is 8.84. The van der Waals surface area contributed by atoms with Crippen LogP contribution in [0.5, 0.6) is 0 Å². The number of hydrogen-bond acceptors (Lipinski definition) is 3. The van der Waals surface area contributed by atoms with E-state index in [-0.39, 0.29) is 20.1 Å². The molecule has 0 saturated carbocycles. The van der Waals surface area contributed by atoms with Crippen LogP contribution in [-0.2, 0) is 26.5 Å². The van der Waals surface area contributed by atoms with Gasteiger partial charge in [0.1, 0.15) is 5.58 Å². The van der Waals surface area contributed by atoms with Gasteiger partial charge in [0.15, 0.2) is 0 Å². The summed E-state index contributed by atoms with van der Waals surface area (Å²) in [6, 6.07) is 60.8. The number of aromatic nitrogens is 2. The molecule has 55 heavy (non-hydrogen) atoms. The summed E-state index contributed by atoms with van der Waals surface area (Å²) in [5, 5.41) is 3.24. The Morgan fingerprint density at radius 2 is 1.27 bits per heavy atom. The second kappa shape index (κ2) is 16.7. The predicted octanol–water partition coefficient (Wildman–Crippen LogP) is 12.5. The van der Waals surface area contributed by atoms with E-state index in [2.05, 4.69) is 108 Å². The number of nitrogens with zero attached hydrogens (tertiary/aromatic N) is 2. The van der Waals surface area contributed by atoms with Crippen molar-refractivity contribution in [3.05, 3.63) is 199 Å². The Morgan fingerprint density at radius 3 is 1.95 bits per heavy atom.